The largest absolute Gasteiger partial charge is 0.382 e. The summed E-state index contributed by atoms with van der Waals surface area (Å²) in [6, 6.07) is 0.441. The molecule has 0 heterocycles. The van der Waals surface area contributed by atoms with Crippen molar-refractivity contribution in [3.63, 3.8) is 0 Å². The zero-order valence-electron chi connectivity index (χ0n) is 14.6. The van der Waals surface area contributed by atoms with Gasteiger partial charge in [0.05, 0.1) is 26.4 Å². The topological polar surface area (TPSA) is 54.9 Å². The molecule has 1 unspecified atom stereocenters. The van der Waals surface area contributed by atoms with Crippen LogP contribution in [0.25, 0.3) is 0 Å². The Balaban J connectivity index is 3.92. The fourth-order valence-electron chi connectivity index (χ4n) is 1.92. The number of guanidine groups is 1. The quantitative estimate of drug-likeness (QED) is 0.330. The summed E-state index contributed by atoms with van der Waals surface area (Å²) in [7, 11) is 1.68. The maximum Gasteiger partial charge on any atom is 0.191 e. The van der Waals surface area contributed by atoms with Crippen molar-refractivity contribution in [2.24, 2.45) is 10.9 Å². The van der Waals surface area contributed by atoms with E-state index >= 15 is 0 Å². The Labute approximate surface area is 130 Å². The van der Waals surface area contributed by atoms with E-state index in [-0.39, 0.29) is 0 Å². The molecule has 0 fully saturated rings. The van der Waals surface area contributed by atoms with Gasteiger partial charge in [0.25, 0.3) is 0 Å². The smallest absolute Gasteiger partial charge is 0.191 e. The zero-order chi connectivity index (χ0) is 15.9. The second-order valence-corrected chi connectivity index (χ2v) is 5.74. The lowest BCUT2D eigenvalue weighted by Gasteiger charge is -2.18. The highest BCUT2D eigenvalue weighted by Gasteiger charge is 2.05. The highest BCUT2D eigenvalue weighted by molar-refractivity contribution is 5.80. The standard InChI is InChI=1S/C16H35N3O2/c1-6-17-16(18-10-11-21-13-12-20-5)19-15(4)9-7-8-14(2)3/h14-15H,6-13H2,1-5H3,(H2,17,18,19). The summed E-state index contributed by atoms with van der Waals surface area (Å²) in [6.45, 7) is 12.3. The van der Waals surface area contributed by atoms with Crippen LogP contribution in [0.15, 0.2) is 4.99 Å². The molecule has 0 aromatic heterocycles. The molecule has 0 radical (unpaired) electrons. The Morgan fingerprint density at radius 1 is 1.10 bits per heavy atom. The highest BCUT2D eigenvalue weighted by Crippen LogP contribution is 2.08. The number of ether oxygens (including phenoxy) is 2. The first-order valence-corrected chi connectivity index (χ1v) is 8.21. The van der Waals surface area contributed by atoms with Gasteiger partial charge in [0, 0.05) is 19.7 Å². The minimum Gasteiger partial charge on any atom is -0.382 e. The monoisotopic (exact) mass is 301 g/mol. The summed E-state index contributed by atoms with van der Waals surface area (Å²) < 4.78 is 10.3. The van der Waals surface area contributed by atoms with E-state index in [1.165, 1.54) is 19.3 Å². The number of hydrogen-bond acceptors (Lipinski definition) is 3. The molecule has 0 aliphatic rings. The van der Waals surface area contributed by atoms with Gasteiger partial charge in [0.2, 0.25) is 0 Å². The predicted molar refractivity (Wildman–Crippen MR) is 90.0 cm³/mol. The van der Waals surface area contributed by atoms with Crippen molar-refractivity contribution in [1.29, 1.82) is 0 Å². The Morgan fingerprint density at radius 3 is 2.48 bits per heavy atom. The average molecular weight is 301 g/mol. The molecule has 0 aromatic rings. The zero-order valence-corrected chi connectivity index (χ0v) is 14.6. The van der Waals surface area contributed by atoms with E-state index in [4.69, 9.17) is 9.47 Å². The van der Waals surface area contributed by atoms with Crippen LogP contribution in [0, 0.1) is 5.92 Å². The van der Waals surface area contributed by atoms with Crippen LogP contribution >= 0.6 is 0 Å². The summed E-state index contributed by atoms with van der Waals surface area (Å²) in [4.78, 5) is 4.52. The van der Waals surface area contributed by atoms with E-state index in [0.29, 0.717) is 32.4 Å². The van der Waals surface area contributed by atoms with Crippen LogP contribution in [-0.4, -0.2) is 52.0 Å². The van der Waals surface area contributed by atoms with Crippen molar-refractivity contribution < 1.29 is 9.47 Å². The van der Waals surface area contributed by atoms with E-state index in [0.717, 1.165) is 18.4 Å². The van der Waals surface area contributed by atoms with Gasteiger partial charge in [-0.25, -0.2) is 0 Å². The molecule has 0 saturated carbocycles. The van der Waals surface area contributed by atoms with E-state index in [1.54, 1.807) is 7.11 Å². The number of hydrogen-bond donors (Lipinski definition) is 2. The van der Waals surface area contributed by atoms with Gasteiger partial charge in [-0.1, -0.05) is 26.7 Å². The van der Waals surface area contributed by atoms with E-state index < -0.39 is 0 Å². The van der Waals surface area contributed by atoms with Crippen LogP contribution in [0.5, 0.6) is 0 Å². The van der Waals surface area contributed by atoms with Crippen LogP contribution in [0.2, 0.25) is 0 Å². The molecular weight excluding hydrogens is 266 g/mol. The lowest BCUT2D eigenvalue weighted by atomic mass is 10.0. The fraction of sp³-hybridized carbons (Fsp3) is 0.938. The summed E-state index contributed by atoms with van der Waals surface area (Å²) in [5.41, 5.74) is 0. The highest BCUT2D eigenvalue weighted by atomic mass is 16.5. The molecule has 126 valence electrons. The normalized spacial score (nSPS) is 13.5. The van der Waals surface area contributed by atoms with E-state index in [9.17, 15) is 0 Å². The Kier molecular flexibility index (Phi) is 13.6. The minimum absolute atomic E-state index is 0.441. The van der Waals surface area contributed by atoms with Crippen LogP contribution < -0.4 is 10.6 Å². The molecular formula is C16H35N3O2. The average Bonchev–Trinajstić information content (AvgIpc) is 2.42. The van der Waals surface area contributed by atoms with Gasteiger partial charge in [-0.15, -0.1) is 0 Å². The van der Waals surface area contributed by atoms with Gasteiger partial charge < -0.3 is 20.1 Å². The molecule has 0 aliphatic carbocycles. The predicted octanol–water partition coefficient (Wildman–Crippen LogP) is 2.42. The van der Waals surface area contributed by atoms with Crippen molar-refractivity contribution in [1.82, 2.24) is 10.6 Å². The van der Waals surface area contributed by atoms with Crippen LogP contribution in [0.1, 0.15) is 47.0 Å². The summed E-state index contributed by atoms with van der Waals surface area (Å²) in [6.07, 6.45) is 3.71. The van der Waals surface area contributed by atoms with E-state index in [1.807, 2.05) is 0 Å². The van der Waals surface area contributed by atoms with Gasteiger partial charge in [0.15, 0.2) is 5.96 Å². The third-order valence-corrected chi connectivity index (χ3v) is 3.08. The van der Waals surface area contributed by atoms with Crippen molar-refractivity contribution >= 4 is 5.96 Å². The van der Waals surface area contributed by atoms with Crippen LogP contribution in [-0.2, 0) is 9.47 Å². The molecule has 0 aromatic carbocycles. The molecule has 0 spiro atoms. The van der Waals surface area contributed by atoms with Gasteiger partial charge >= 0.3 is 0 Å². The summed E-state index contributed by atoms with van der Waals surface area (Å²) in [5.74, 6) is 1.66. The van der Waals surface area contributed by atoms with Crippen molar-refractivity contribution in [3.8, 4) is 0 Å². The second-order valence-electron chi connectivity index (χ2n) is 5.74. The third-order valence-electron chi connectivity index (χ3n) is 3.08. The summed E-state index contributed by atoms with van der Waals surface area (Å²) in [5, 5.41) is 6.73. The van der Waals surface area contributed by atoms with Gasteiger partial charge in [-0.2, -0.15) is 0 Å². The molecule has 0 aliphatic heterocycles. The molecule has 21 heavy (non-hydrogen) atoms. The maximum atomic E-state index is 5.41. The number of nitrogens with zero attached hydrogens (tertiary/aromatic N) is 1. The number of aliphatic imine (C=N–C) groups is 1. The number of methoxy groups -OCH3 is 1. The number of rotatable bonds is 12. The molecule has 0 bridgehead atoms. The van der Waals surface area contributed by atoms with Crippen molar-refractivity contribution in [2.45, 2.75) is 53.0 Å². The first-order chi connectivity index (χ1) is 10.1. The van der Waals surface area contributed by atoms with E-state index in [2.05, 4.69) is 43.3 Å². The fourth-order valence-corrected chi connectivity index (χ4v) is 1.92. The van der Waals surface area contributed by atoms with Crippen molar-refractivity contribution in [3.05, 3.63) is 0 Å². The van der Waals surface area contributed by atoms with Gasteiger partial charge in [-0.3, -0.25) is 4.99 Å². The Morgan fingerprint density at radius 2 is 1.86 bits per heavy atom. The number of nitrogens with one attached hydrogen (secondary N) is 2. The first kappa shape index (κ1) is 20.2. The molecule has 0 amide bonds. The molecule has 5 nitrogen and oxygen atoms in total. The lowest BCUT2D eigenvalue weighted by molar-refractivity contribution is 0.0748. The Hall–Kier alpha value is -0.810. The first-order valence-electron chi connectivity index (χ1n) is 8.21. The molecule has 0 rings (SSSR count). The van der Waals surface area contributed by atoms with Crippen LogP contribution in [0.4, 0.5) is 0 Å². The summed E-state index contributed by atoms with van der Waals surface area (Å²) >= 11 is 0. The van der Waals surface area contributed by atoms with Gasteiger partial charge in [-0.05, 0) is 26.2 Å². The Bertz CT molecular complexity index is 258. The SMILES string of the molecule is CCNC(=NCCOCCOC)NC(C)CCCC(C)C. The molecule has 0 saturated heterocycles. The maximum absolute atomic E-state index is 5.41. The lowest BCUT2D eigenvalue weighted by Crippen LogP contribution is -2.42. The van der Waals surface area contributed by atoms with Crippen LogP contribution in [0.3, 0.4) is 0 Å². The third kappa shape index (κ3) is 13.9. The molecule has 2 N–H and O–H groups in total. The van der Waals surface area contributed by atoms with Crippen molar-refractivity contribution in [2.75, 3.05) is 40.0 Å². The second kappa shape index (κ2) is 14.1. The minimum atomic E-state index is 0.441. The van der Waals surface area contributed by atoms with Gasteiger partial charge in [0.1, 0.15) is 0 Å². The molecule has 1 atom stereocenters. The molecule has 5 heteroatoms.